The summed E-state index contributed by atoms with van der Waals surface area (Å²) < 4.78 is 27.8. The average Bonchev–Trinajstić information content (AvgIpc) is 3.44. The summed E-state index contributed by atoms with van der Waals surface area (Å²) in [7, 11) is 3.38. The number of amides is 1. The molecule has 0 saturated carbocycles. The first-order valence-electron chi connectivity index (χ1n) is 15.4. The summed E-state index contributed by atoms with van der Waals surface area (Å²) in [6.07, 6.45) is 0.692. The van der Waals surface area contributed by atoms with Crippen LogP contribution in [0.2, 0.25) is 0 Å². The van der Waals surface area contributed by atoms with Crippen LogP contribution in [0.3, 0.4) is 0 Å². The van der Waals surface area contributed by atoms with Gasteiger partial charge in [0, 0.05) is 74.3 Å². The summed E-state index contributed by atoms with van der Waals surface area (Å²) >= 11 is 0. The highest BCUT2D eigenvalue weighted by Gasteiger charge is 2.26. The minimum absolute atomic E-state index is 0.332. The number of ether oxygens (including phenoxy) is 2. The number of nitrogens with zero attached hydrogens (tertiary/aromatic N) is 6. The highest BCUT2D eigenvalue weighted by atomic mass is 19.1. The molecule has 1 aliphatic heterocycles. The lowest BCUT2D eigenvalue weighted by Crippen LogP contribution is -2.48. The maximum Gasteiger partial charge on any atom is 0.265 e. The van der Waals surface area contributed by atoms with Gasteiger partial charge in [-0.05, 0) is 36.9 Å². The zero-order valence-electron chi connectivity index (χ0n) is 26.2. The number of carbonyl (C=O) groups is 1. The molecule has 236 valence electrons. The molecule has 1 unspecified atom stereocenters. The van der Waals surface area contributed by atoms with Crippen molar-refractivity contribution < 1.29 is 18.7 Å². The summed E-state index contributed by atoms with van der Waals surface area (Å²) in [6.45, 7) is 8.32. The van der Waals surface area contributed by atoms with Gasteiger partial charge in [0.2, 0.25) is 6.10 Å². The number of halogens is 1. The van der Waals surface area contributed by atoms with Crippen LogP contribution in [-0.2, 0) is 11.8 Å². The van der Waals surface area contributed by atoms with Gasteiger partial charge in [-0.1, -0.05) is 31.2 Å². The van der Waals surface area contributed by atoms with Crippen molar-refractivity contribution in [1.82, 2.24) is 29.9 Å². The largest absolute Gasteiger partial charge is 0.493 e. The Balaban J connectivity index is 1.34. The van der Waals surface area contributed by atoms with Crippen molar-refractivity contribution >= 4 is 27.7 Å². The number of methoxy groups -OCH3 is 1. The third-order valence-corrected chi connectivity index (χ3v) is 8.55. The van der Waals surface area contributed by atoms with Crippen molar-refractivity contribution in [3.05, 3.63) is 83.8 Å². The number of carbonyl (C=O) groups excluding carboxylic acids is 1. The van der Waals surface area contributed by atoms with Crippen LogP contribution in [0.1, 0.15) is 24.2 Å². The molecule has 11 heteroatoms. The van der Waals surface area contributed by atoms with E-state index in [-0.39, 0.29) is 5.91 Å². The molecule has 0 radical (unpaired) electrons. The van der Waals surface area contributed by atoms with E-state index in [9.17, 15) is 14.4 Å². The van der Waals surface area contributed by atoms with Crippen LogP contribution >= 0.6 is 0 Å². The average molecular weight is 622 g/mol. The number of piperazine rings is 1. The first kappa shape index (κ1) is 31.0. The fourth-order valence-electron chi connectivity index (χ4n) is 5.89. The van der Waals surface area contributed by atoms with Crippen molar-refractivity contribution in [3.63, 3.8) is 0 Å². The Bertz CT molecular complexity index is 1890. The Kier molecular flexibility index (Phi) is 9.10. The maximum atomic E-state index is 13.9. The van der Waals surface area contributed by atoms with Gasteiger partial charge in [-0.15, -0.1) is 0 Å². The van der Waals surface area contributed by atoms with E-state index >= 15 is 0 Å². The highest BCUT2D eigenvalue weighted by molar-refractivity contribution is 6.12. The smallest absolute Gasteiger partial charge is 0.265 e. The van der Waals surface area contributed by atoms with E-state index < -0.39 is 11.9 Å². The third-order valence-electron chi connectivity index (χ3n) is 8.55. The molecule has 3 aromatic carbocycles. The number of hydrogen-bond acceptors (Lipinski definition) is 8. The SMILES string of the molecule is CCN1CCN(CCNC(=O)C(Oc2cc3c(cc2OC)ncc2c3c(-c3ccc(C#N)cc3)nn2C)c2ccc(F)cc2)CC1. The fraction of sp³-hybridized carbons (Fsp3) is 0.314. The molecule has 46 heavy (non-hydrogen) atoms. The first-order chi connectivity index (χ1) is 22.4. The third kappa shape index (κ3) is 6.36. The highest BCUT2D eigenvalue weighted by Crippen LogP contribution is 2.40. The molecule has 5 aromatic rings. The van der Waals surface area contributed by atoms with Crippen LogP contribution in [0.5, 0.6) is 11.5 Å². The normalized spacial score (nSPS) is 14.7. The van der Waals surface area contributed by atoms with Crippen molar-refractivity contribution in [2.75, 3.05) is 52.9 Å². The van der Waals surface area contributed by atoms with Crippen LogP contribution in [0.4, 0.5) is 4.39 Å². The predicted molar refractivity (Wildman–Crippen MR) is 174 cm³/mol. The molecule has 3 heterocycles. The number of hydrogen-bond donors (Lipinski definition) is 1. The van der Waals surface area contributed by atoms with Crippen LogP contribution in [-0.4, -0.2) is 83.4 Å². The summed E-state index contributed by atoms with van der Waals surface area (Å²) in [5.41, 5.74) is 4.09. The Morgan fingerprint density at radius 2 is 1.76 bits per heavy atom. The number of pyridine rings is 1. The second kappa shape index (κ2) is 13.5. The van der Waals surface area contributed by atoms with Crippen molar-refractivity contribution in [2.45, 2.75) is 13.0 Å². The quantitative estimate of drug-likeness (QED) is 0.240. The molecule has 1 aliphatic rings. The number of fused-ring (bicyclic) bond motifs is 3. The van der Waals surface area contributed by atoms with Gasteiger partial charge in [-0.2, -0.15) is 10.4 Å². The summed E-state index contributed by atoms with van der Waals surface area (Å²) in [6, 6.07) is 18.7. The molecular weight excluding hydrogens is 585 g/mol. The molecular formula is C35H36FN7O3. The molecule has 10 nitrogen and oxygen atoms in total. The number of aromatic nitrogens is 3. The molecule has 1 amide bonds. The Morgan fingerprint density at radius 3 is 2.43 bits per heavy atom. The molecule has 6 rings (SSSR count). The van der Waals surface area contributed by atoms with Gasteiger partial charge in [-0.25, -0.2) is 4.39 Å². The molecule has 1 saturated heterocycles. The van der Waals surface area contributed by atoms with Crippen LogP contribution in [0, 0.1) is 17.1 Å². The van der Waals surface area contributed by atoms with Gasteiger partial charge in [0.15, 0.2) is 11.5 Å². The second-order valence-corrected chi connectivity index (χ2v) is 11.3. The zero-order valence-corrected chi connectivity index (χ0v) is 26.2. The standard InChI is InChI=1S/C35H36FN7O3/c1-4-42-15-17-43(18-16-42)14-13-38-35(44)34(25-9-11-26(36)12-10-25)46-31-19-27-28(20-30(31)45-3)39-22-29-32(27)33(40-41(29)2)24-7-5-23(21-37)6-8-24/h5-12,19-20,22,34H,4,13-18H2,1-3H3,(H,38,44). The van der Waals surface area contributed by atoms with E-state index in [2.05, 4.69) is 33.1 Å². The zero-order chi connectivity index (χ0) is 32.2. The maximum absolute atomic E-state index is 13.9. The number of nitriles is 1. The lowest BCUT2D eigenvalue weighted by molar-refractivity contribution is -0.128. The molecule has 2 aromatic heterocycles. The van der Waals surface area contributed by atoms with Gasteiger partial charge in [0.25, 0.3) is 5.91 Å². The minimum Gasteiger partial charge on any atom is -0.493 e. The predicted octanol–water partition coefficient (Wildman–Crippen LogP) is 4.68. The molecule has 1 atom stereocenters. The van der Waals surface area contributed by atoms with Crippen LogP contribution in [0.15, 0.2) is 66.9 Å². The van der Waals surface area contributed by atoms with E-state index in [4.69, 9.17) is 14.6 Å². The van der Waals surface area contributed by atoms with E-state index in [1.165, 1.54) is 19.2 Å². The lowest BCUT2D eigenvalue weighted by Gasteiger charge is -2.34. The van der Waals surface area contributed by atoms with Gasteiger partial charge >= 0.3 is 0 Å². The van der Waals surface area contributed by atoms with E-state index in [0.717, 1.165) is 66.8 Å². The first-order valence-corrected chi connectivity index (χ1v) is 15.4. The Labute approximate surface area is 266 Å². The van der Waals surface area contributed by atoms with Crippen molar-refractivity contribution in [1.29, 1.82) is 5.26 Å². The van der Waals surface area contributed by atoms with E-state index in [1.54, 1.807) is 41.2 Å². The summed E-state index contributed by atoms with van der Waals surface area (Å²) in [5, 5.41) is 18.7. The molecule has 1 N–H and O–H groups in total. The number of rotatable bonds is 10. The van der Waals surface area contributed by atoms with E-state index in [1.807, 2.05) is 25.2 Å². The van der Waals surface area contributed by atoms with Crippen LogP contribution in [0.25, 0.3) is 33.1 Å². The van der Waals surface area contributed by atoms with Gasteiger partial charge < -0.3 is 19.7 Å². The molecule has 1 fully saturated rings. The number of benzene rings is 3. The van der Waals surface area contributed by atoms with Crippen molar-refractivity contribution in [2.24, 2.45) is 7.05 Å². The van der Waals surface area contributed by atoms with Crippen molar-refractivity contribution in [3.8, 4) is 28.8 Å². The van der Waals surface area contributed by atoms with Gasteiger partial charge in [0.05, 0.1) is 36.0 Å². The summed E-state index contributed by atoms with van der Waals surface area (Å²) in [5.74, 6) is -0.00862. The lowest BCUT2D eigenvalue weighted by atomic mass is 10.0. The molecule has 0 bridgehead atoms. The number of aryl methyl sites for hydroxylation is 1. The van der Waals surface area contributed by atoms with Gasteiger partial charge in [0.1, 0.15) is 11.5 Å². The van der Waals surface area contributed by atoms with Gasteiger partial charge in [-0.3, -0.25) is 19.4 Å². The Morgan fingerprint density at radius 1 is 1.04 bits per heavy atom. The number of nitrogens with one attached hydrogen (secondary N) is 1. The number of likely N-dealkylation sites (N-methyl/N-ethyl adjacent to an activating group) is 1. The Hall–Kier alpha value is -5.05. The second-order valence-electron chi connectivity index (χ2n) is 11.3. The topological polar surface area (TPSA) is 109 Å². The van der Waals surface area contributed by atoms with Crippen LogP contribution < -0.4 is 14.8 Å². The monoisotopic (exact) mass is 621 g/mol. The minimum atomic E-state index is -1.07. The molecule has 0 aliphatic carbocycles. The molecule has 0 spiro atoms. The fourth-order valence-corrected chi connectivity index (χ4v) is 5.89. The summed E-state index contributed by atoms with van der Waals surface area (Å²) in [4.78, 5) is 23.1. The van der Waals surface area contributed by atoms with E-state index in [0.29, 0.717) is 34.7 Å².